The SMILES string of the molecule is C=CC#N.N#CCCOCC(CO)(COCC/C(N)=N/O)COCC/C(N)=N\O.N#CCCOCC(CO)(COCCC#N)COCC/C(N)=N\O.N#CCCOCC(CO)(COCCC#N)COCCC#N.N/C(CCOCC(CO)(COCC/C(N)=N/O)COCC/C(N)=N\O)=N\O.NO.OCC(CO)(CO)CO. The Morgan fingerprint density at radius 2 is 0.378 bits per heavy atom. The van der Waals surface area contributed by atoms with Gasteiger partial charge in [-0.2, -0.15) is 36.8 Å². The Morgan fingerprint density at radius 1 is 0.261 bits per heavy atom. The molecular weight excluding hydrogens is 1480 g/mol. The molecule has 0 aliphatic heterocycles. The highest BCUT2D eigenvalue weighted by atomic mass is 16.5. The van der Waals surface area contributed by atoms with Crippen molar-refractivity contribution in [3.8, 4) is 42.5 Å². The maximum absolute atomic E-state index is 9.84. The monoisotopic (exact) mass is 1600 g/mol. The fraction of sp³-hybridized carbons (Fsp3) is 0.766. The summed E-state index contributed by atoms with van der Waals surface area (Å²) < 4.78 is 65.2. The topological polar surface area (TPSA) is 837 Å². The van der Waals surface area contributed by atoms with E-state index in [1.807, 2.05) is 36.4 Å². The van der Waals surface area contributed by atoms with E-state index in [0.29, 0.717) is 0 Å². The number of hydrogen-bond acceptors (Lipinski definition) is 41. The van der Waals surface area contributed by atoms with Gasteiger partial charge in [0.1, 0.15) is 35.0 Å². The largest absolute Gasteiger partial charge is 0.409 e. The van der Waals surface area contributed by atoms with Crippen molar-refractivity contribution in [2.45, 2.75) is 77.0 Å². The first-order valence-electron chi connectivity index (χ1n) is 33.6. The van der Waals surface area contributed by atoms with Crippen LogP contribution in [-0.4, -0.2) is 324 Å². The van der Waals surface area contributed by atoms with Crippen LogP contribution in [0.1, 0.15) is 77.0 Å². The molecule has 0 saturated heterocycles. The third kappa shape index (κ3) is 71.0. The van der Waals surface area contributed by atoms with E-state index in [-0.39, 0.29) is 297 Å². The van der Waals surface area contributed by atoms with E-state index in [2.05, 4.69) is 43.4 Å². The number of amidine groups is 6. The molecule has 0 amide bonds. The van der Waals surface area contributed by atoms with E-state index in [1.165, 1.54) is 6.08 Å². The number of rotatable bonds is 62. The maximum atomic E-state index is 9.84. The molecule has 0 aromatic heterocycles. The molecule has 0 rings (SSSR count). The maximum Gasteiger partial charge on any atom is 0.141 e. The minimum Gasteiger partial charge on any atom is -0.409 e. The van der Waals surface area contributed by atoms with Crippen molar-refractivity contribution in [3.63, 3.8) is 0 Å². The smallest absolute Gasteiger partial charge is 0.141 e. The summed E-state index contributed by atoms with van der Waals surface area (Å²) in [6.07, 6.45) is 4.09. The van der Waals surface area contributed by atoms with Crippen LogP contribution in [0.3, 0.4) is 0 Å². The van der Waals surface area contributed by atoms with Crippen LogP contribution < -0.4 is 40.3 Å². The van der Waals surface area contributed by atoms with E-state index in [4.69, 9.17) is 185 Å². The number of hydrogen-bond donors (Lipinski definition) is 22. The normalized spacial score (nSPS) is 12.8. The Morgan fingerprint density at radius 3 is 0.459 bits per heavy atom. The van der Waals surface area contributed by atoms with Gasteiger partial charge in [0.05, 0.1) is 320 Å². The van der Waals surface area contributed by atoms with Gasteiger partial charge in [0.2, 0.25) is 0 Å². The van der Waals surface area contributed by atoms with Crippen molar-refractivity contribution in [1.82, 2.24) is 0 Å². The van der Waals surface area contributed by atoms with Crippen LogP contribution in [0.4, 0.5) is 0 Å². The van der Waals surface area contributed by atoms with E-state index in [0.717, 1.165) is 0 Å². The van der Waals surface area contributed by atoms with Gasteiger partial charge in [0, 0.05) is 44.6 Å². The first-order chi connectivity index (χ1) is 53.5. The molecule has 0 fully saturated rings. The van der Waals surface area contributed by atoms with Gasteiger partial charge in [-0.25, -0.2) is 5.90 Å². The summed E-state index contributed by atoms with van der Waals surface area (Å²) >= 11 is 0. The van der Waals surface area contributed by atoms with Gasteiger partial charge >= 0.3 is 0 Å². The molecule has 0 heterocycles. The second kappa shape index (κ2) is 84.9. The van der Waals surface area contributed by atoms with E-state index < -0.39 is 53.5 Å². The Labute approximate surface area is 646 Å². The third-order valence-corrected chi connectivity index (χ3v) is 13.6. The van der Waals surface area contributed by atoms with Gasteiger partial charge in [0.25, 0.3) is 0 Å². The summed E-state index contributed by atoms with van der Waals surface area (Å²) in [5.74, 6) is 3.69. The lowest BCUT2D eigenvalue weighted by Crippen LogP contribution is -2.41. The number of allylic oxidation sites excluding steroid dienone is 1. The molecule has 0 aliphatic carbocycles. The zero-order valence-electron chi connectivity index (χ0n) is 62.9. The third-order valence-electron chi connectivity index (χ3n) is 13.6. The molecule has 1 atom stereocenters. The molecule has 47 heteroatoms. The zero-order valence-corrected chi connectivity index (χ0v) is 62.9. The van der Waals surface area contributed by atoms with Crippen LogP contribution >= 0.6 is 0 Å². The van der Waals surface area contributed by atoms with Gasteiger partial charge < -0.3 is 169 Å². The molecule has 47 nitrogen and oxygen atoms in total. The highest BCUT2D eigenvalue weighted by Gasteiger charge is 2.35. The minimum atomic E-state index is -1.11. The molecule has 0 bridgehead atoms. The van der Waals surface area contributed by atoms with Crippen molar-refractivity contribution in [2.24, 2.45) is 98.3 Å². The Bertz CT molecular complexity index is 2530. The molecular formula is C64H120N20O27. The number of nitrogens with zero attached hydrogens (tertiary/aromatic N) is 13. The summed E-state index contributed by atoms with van der Waals surface area (Å²) in [7, 11) is 0. The van der Waals surface area contributed by atoms with Gasteiger partial charge in [-0.3, -0.25) is 0 Å². The van der Waals surface area contributed by atoms with E-state index in [1.54, 1.807) is 6.07 Å². The van der Waals surface area contributed by atoms with Crippen molar-refractivity contribution < 1.29 is 134 Å². The fourth-order valence-electron chi connectivity index (χ4n) is 6.88. The van der Waals surface area contributed by atoms with Gasteiger partial charge in [0.15, 0.2) is 0 Å². The van der Waals surface area contributed by atoms with Crippen LogP contribution in [0.25, 0.3) is 0 Å². The number of oxime groups is 6. The number of ether oxygens (including phenoxy) is 12. The lowest BCUT2D eigenvalue weighted by atomic mass is 9.92. The quantitative estimate of drug-likeness (QED) is 0.00697. The number of aliphatic hydroxyl groups is 8. The van der Waals surface area contributed by atoms with Gasteiger partial charge in [-0.05, 0) is 0 Å². The Kier molecular flexibility index (Phi) is 88.1. The average molecular weight is 1600 g/mol. The van der Waals surface area contributed by atoms with Gasteiger partial charge in [-0.1, -0.05) is 37.5 Å². The zero-order chi connectivity index (χ0) is 85.5. The second-order valence-electron chi connectivity index (χ2n) is 23.2. The lowest BCUT2D eigenvalue weighted by Gasteiger charge is -2.31. The van der Waals surface area contributed by atoms with Crippen LogP contribution in [0, 0.1) is 106 Å². The molecule has 111 heavy (non-hydrogen) atoms. The van der Waals surface area contributed by atoms with Crippen LogP contribution in [0.2, 0.25) is 0 Å². The summed E-state index contributed by atoms with van der Waals surface area (Å²) in [5.41, 5.74) is 27.8. The summed E-state index contributed by atoms with van der Waals surface area (Å²) in [4.78, 5) is 0. The molecule has 0 aromatic carbocycles. The van der Waals surface area contributed by atoms with Crippen LogP contribution in [0.15, 0.2) is 43.6 Å². The van der Waals surface area contributed by atoms with E-state index >= 15 is 0 Å². The molecule has 0 spiro atoms. The van der Waals surface area contributed by atoms with E-state index in [9.17, 15) is 20.4 Å². The fourth-order valence-corrected chi connectivity index (χ4v) is 6.88. The van der Waals surface area contributed by atoms with Crippen molar-refractivity contribution in [3.05, 3.63) is 12.7 Å². The predicted molar refractivity (Wildman–Crippen MR) is 390 cm³/mol. The Balaban J connectivity index is -0.000000245. The molecule has 0 saturated carbocycles. The molecule has 0 radical (unpaired) electrons. The molecule has 0 aromatic rings. The lowest BCUT2D eigenvalue weighted by molar-refractivity contribution is -0.0910. The highest BCUT2D eigenvalue weighted by molar-refractivity contribution is 5.81. The van der Waals surface area contributed by atoms with Crippen LogP contribution in [-0.2, 0) is 56.8 Å². The summed E-state index contributed by atoms with van der Waals surface area (Å²) in [6.45, 7) is 4.72. The summed E-state index contributed by atoms with van der Waals surface area (Å²) in [5, 5.41) is 206. The van der Waals surface area contributed by atoms with Gasteiger partial charge in [-0.15, -0.1) is 0 Å². The first kappa shape index (κ1) is 115. The second-order valence-corrected chi connectivity index (χ2v) is 23.2. The van der Waals surface area contributed by atoms with Crippen LogP contribution in [0.5, 0.6) is 0 Å². The molecule has 1 unspecified atom stereocenters. The van der Waals surface area contributed by atoms with Crippen molar-refractivity contribution in [1.29, 1.82) is 36.8 Å². The molecule has 29 N–H and O–H groups in total. The van der Waals surface area contributed by atoms with Crippen molar-refractivity contribution in [2.75, 3.05) is 211 Å². The Hall–Kier alpha value is -9.09. The number of nitriles is 7. The molecule has 0 aliphatic rings. The first-order valence-corrected chi connectivity index (χ1v) is 33.6. The predicted octanol–water partition coefficient (Wildman–Crippen LogP) is -3.67. The van der Waals surface area contributed by atoms with Crippen molar-refractivity contribution >= 4 is 35.0 Å². The molecule has 638 valence electrons. The number of aliphatic hydroxyl groups excluding tert-OH is 8. The standard InChI is InChI=1S/C14H30N6O7.C14H27N5O6.C14H24N4O5.C14H21N3O4.C5H12O4.C3H3N.H3NO/c15-11(18-22)1-4-25-8-14(7-21,9-26-5-2-12(16)19-23)10-27-6-3-13(17)20-24;15-4-1-5-23-9-14(8-20,10-24-6-2-12(16)18-21)11-25-7-3-13(17)19-22;15-4-1-6-21-10-14(9-19,11-22-7-2-5-16)12-23-8-3-13(17)18-20;15-4-1-7-19-11-14(10-18,12-20-8-2-5-16)13-21-9-3-6-17;6-1-5(2-7,3-8)4-9;1-2-3-4;1-2/h21-24H,1-10H2,(H2,15,18)(H2,16,19)(H2,17,20);20-22H,1-3,5-11H2,(H2,16,18)(H2,17,19);19-20H,1-3,6-12H2,(H2,17,18);18H,1-3,7-13H2;6-9H,1-4H2;2H,1H2;2H,1H2. The summed E-state index contributed by atoms with van der Waals surface area (Å²) in [6, 6.07) is 13.5. The average Bonchev–Trinajstić information content (AvgIpc) is 0.901. The minimum absolute atomic E-state index is 0.0228. The highest BCUT2D eigenvalue weighted by Crippen LogP contribution is 2.23. The number of nitrogens with two attached hydrogens (primary N) is 7.